The van der Waals surface area contributed by atoms with Crippen LogP contribution >= 0.6 is 11.8 Å². The number of aromatic nitrogens is 2. The van der Waals surface area contributed by atoms with Crippen molar-refractivity contribution in [3.05, 3.63) is 71.1 Å². The molecule has 6 nitrogen and oxygen atoms in total. The molecule has 3 rings (SSSR count). The standard InChI is InChI=1S/C23H27N3O3S/c1-15-10-11-16(2)20(12-15)28-14-21-25-26-23(29-21)30-18(4)22(27)24-13-17(3)19-8-6-5-7-9-19/h5-12,17-18H,13-14H2,1-4H3,(H,24,27). The summed E-state index contributed by atoms with van der Waals surface area (Å²) >= 11 is 1.24. The molecule has 2 unspecified atom stereocenters. The van der Waals surface area contributed by atoms with Crippen LogP contribution in [-0.2, 0) is 11.4 Å². The van der Waals surface area contributed by atoms with Crippen LogP contribution in [-0.4, -0.2) is 27.9 Å². The van der Waals surface area contributed by atoms with Gasteiger partial charge in [0.2, 0.25) is 5.91 Å². The van der Waals surface area contributed by atoms with E-state index >= 15 is 0 Å². The van der Waals surface area contributed by atoms with Gasteiger partial charge in [-0.2, -0.15) is 0 Å². The Balaban J connectivity index is 1.47. The van der Waals surface area contributed by atoms with Crippen LogP contribution in [0, 0.1) is 13.8 Å². The zero-order valence-electron chi connectivity index (χ0n) is 17.7. The molecule has 0 saturated heterocycles. The number of carbonyl (C=O) groups excluding carboxylic acids is 1. The van der Waals surface area contributed by atoms with E-state index in [1.54, 1.807) is 0 Å². The number of hydrogen-bond donors (Lipinski definition) is 1. The maximum Gasteiger partial charge on any atom is 0.277 e. The van der Waals surface area contributed by atoms with E-state index in [0.717, 1.165) is 16.9 Å². The number of rotatable bonds is 9. The summed E-state index contributed by atoms with van der Waals surface area (Å²) < 4.78 is 11.4. The third-order valence-electron chi connectivity index (χ3n) is 4.74. The van der Waals surface area contributed by atoms with E-state index in [9.17, 15) is 4.79 Å². The van der Waals surface area contributed by atoms with Crippen LogP contribution in [0.3, 0.4) is 0 Å². The molecule has 0 aliphatic rings. The van der Waals surface area contributed by atoms with Gasteiger partial charge in [0.1, 0.15) is 5.75 Å². The molecule has 158 valence electrons. The summed E-state index contributed by atoms with van der Waals surface area (Å²) in [6.45, 7) is 8.68. The van der Waals surface area contributed by atoms with Crippen molar-refractivity contribution < 1.29 is 13.9 Å². The molecule has 0 saturated carbocycles. The van der Waals surface area contributed by atoms with E-state index in [4.69, 9.17) is 9.15 Å². The highest BCUT2D eigenvalue weighted by molar-refractivity contribution is 8.00. The van der Waals surface area contributed by atoms with Gasteiger partial charge in [0.15, 0.2) is 6.61 Å². The van der Waals surface area contributed by atoms with Crippen molar-refractivity contribution in [3.63, 3.8) is 0 Å². The average molecular weight is 426 g/mol. The highest BCUT2D eigenvalue weighted by atomic mass is 32.2. The van der Waals surface area contributed by atoms with E-state index in [2.05, 4.69) is 34.6 Å². The number of benzene rings is 2. The maximum absolute atomic E-state index is 12.4. The largest absolute Gasteiger partial charge is 0.484 e. The molecule has 0 aliphatic carbocycles. The van der Waals surface area contributed by atoms with Crippen molar-refractivity contribution in [2.24, 2.45) is 0 Å². The summed E-state index contributed by atoms with van der Waals surface area (Å²) in [4.78, 5) is 12.4. The summed E-state index contributed by atoms with van der Waals surface area (Å²) in [6.07, 6.45) is 0. The Morgan fingerprint density at radius 1 is 1.13 bits per heavy atom. The van der Waals surface area contributed by atoms with Gasteiger partial charge >= 0.3 is 0 Å². The summed E-state index contributed by atoms with van der Waals surface area (Å²) in [5.74, 6) is 1.35. The lowest BCUT2D eigenvalue weighted by Crippen LogP contribution is -2.33. The molecular weight excluding hydrogens is 398 g/mol. The van der Waals surface area contributed by atoms with Crippen molar-refractivity contribution in [1.29, 1.82) is 0 Å². The lowest BCUT2D eigenvalue weighted by molar-refractivity contribution is -0.120. The first-order chi connectivity index (χ1) is 14.4. The van der Waals surface area contributed by atoms with E-state index in [1.165, 1.54) is 17.3 Å². The first-order valence-electron chi connectivity index (χ1n) is 9.94. The number of thioether (sulfide) groups is 1. The summed E-state index contributed by atoms with van der Waals surface area (Å²) in [5, 5.41) is 11.0. The predicted octanol–water partition coefficient (Wildman–Crippen LogP) is 4.67. The fourth-order valence-corrected chi connectivity index (χ4v) is 3.57. The van der Waals surface area contributed by atoms with Gasteiger partial charge in [-0.3, -0.25) is 4.79 Å². The minimum absolute atomic E-state index is 0.0610. The molecular formula is C23H27N3O3S. The second kappa shape index (κ2) is 10.3. The molecule has 1 N–H and O–H groups in total. The van der Waals surface area contributed by atoms with Crippen molar-refractivity contribution in [2.75, 3.05) is 6.54 Å². The normalized spacial score (nSPS) is 12.9. The number of carbonyl (C=O) groups is 1. The van der Waals surface area contributed by atoms with Gasteiger partial charge in [0.25, 0.3) is 11.1 Å². The average Bonchev–Trinajstić information content (AvgIpc) is 3.20. The number of aryl methyl sites for hydroxylation is 2. The zero-order chi connectivity index (χ0) is 21.5. The zero-order valence-corrected chi connectivity index (χ0v) is 18.5. The highest BCUT2D eigenvalue weighted by Gasteiger charge is 2.19. The third-order valence-corrected chi connectivity index (χ3v) is 5.68. The quantitative estimate of drug-likeness (QED) is 0.502. The lowest BCUT2D eigenvalue weighted by atomic mass is 10.0. The van der Waals surface area contributed by atoms with Crippen LogP contribution in [0.1, 0.15) is 42.3 Å². The molecule has 0 radical (unpaired) electrons. The van der Waals surface area contributed by atoms with Crippen LogP contribution in [0.5, 0.6) is 5.75 Å². The van der Waals surface area contributed by atoms with E-state index < -0.39 is 0 Å². The SMILES string of the molecule is Cc1ccc(C)c(OCc2nnc(SC(C)C(=O)NCC(C)c3ccccc3)o2)c1. The van der Waals surface area contributed by atoms with E-state index in [0.29, 0.717) is 17.7 Å². The Morgan fingerprint density at radius 2 is 1.90 bits per heavy atom. The molecule has 2 aromatic carbocycles. The summed E-state index contributed by atoms with van der Waals surface area (Å²) in [5.41, 5.74) is 3.37. The monoisotopic (exact) mass is 425 g/mol. The predicted molar refractivity (Wildman–Crippen MR) is 118 cm³/mol. The molecule has 1 amide bonds. The van der Waals surface area contributed by atoms with Crippen molar-refractivity contribution in [3.8, 4) is 5.75 Å². The van der Waals surface area contributed by atoms with Gasteiger partial charge in [-0.05, 0) is 49.4 Å². The molecule has 1 heterocycles. The summed E-state index contributed by atoms with van der Waals surface area (Å²) in [6, 6.07) is 16.1. The van der Waals surface area contributed by atoms with E-state index in [1.807, 2.05) is 57.2 Å². The van der Waals surface area contributed by atoms with Crippen LogP contribution in [0.15, 0.2) is 58.2 Å². The smallest absolute Gasteiger partial charge is 0.277 e. The first-order valence-corrected chi connectivity index (χ1v) is 10.8. The van der Waals surface area contributed by atoms with Gasteiger partial charge in [0, 0.05) is 6.54 Å². The van der Waals surface area contributed by atoms with Gasteiger partial charge < -0.3 is 14.5 Å². The summed E-state index contributed by atoms with van der Waals surface area (Å²) in [7, 11) is 0. The Labute approximate surface area is 181 Å². The van der Waals surface area contributed by atoms with Gasteiger partial charge in [-0.1, -0.05) is 61.2 Å². The maximum atomic E-state index is 12.4. The Morgan fingerprint density at radius 3 is 2.67 bits per heavy atom. The van der Waals surface area contributed by atoms with E-state index in [-0.39, 0.29) is 23.7 Å². The lowest BCUT2D eigenvalue weighted by Gasteiger charge is -2.15. The Kier molecular flexibility index (Phi) is 7.52. The first kappa shape index (κ1) is 21.9. The van der Waals surface area contributed by atoms with Gasteiger partial charge in [-0.25, -0.2) is 0 Å². The number of nitrogens with zero attached hydrogens (tertiary/aromatic N) is 2. The second-order valence-electron chi connectivity index (χ2n) is 7.34. The molecule has 1 aromatic heterocycles. The van der Waals surface area contributed by atoms with Crippen LogP contribution in [0.25, 0.3) is 0 Å². The van der Waals surface area contributed by atoms with Gasteiger partial charge in [0.05, 0.1) is 5.25 Å². The highest BCUT2D eigenvalue weighted by Crippen LogP contribution is 2.24. The fraction of sp³-hybridized carbons (Fsp3) is 0.348. The molecule has 0 bridgehead atoms. The number of hydrogen-bond acceptors (Lipinski definition) is 6. The molecule has 30 heavy (non-hydrogen) atoms. The van der Waals surface area contributed by atoms with Crippen LogP contribution in [0.4, 0.5) is 0 Å². The van der Waals surface area contributed by atoms with Crippen molar-refractivity contribution in [2.45, 2.75) is 50.7 Å². The molecule has 3 aromatic rings. The van der Waals surface area contributed by atoms with Crippen LogP contribution in [0.2, 0.25) is 0 Å². The third kappa shape index (κ3) is 6.10. The van der Waals surface area contributed by atoms with Crippen LogP contribution < -0.4 is 10.1 Å². The minimum Gasteiger partial charge on any atom is -0.484 e. The number of ether oxygens (including phenoxy) is 1. The molecule has 0 aliphatic heterocycles. The van der Waals surface area contributed by atoms with Crippen molar-refractivity contribution >= 4 is 17.7 Å². The molecule has 0 spiro atoms. The molecule has 2 atom stereocenters. The van der Waals surface area contributed by atoms with Gasteiger partial charge in [-0.15, -0.1) is 10.2 Å². The second-order valence-corrected chi connectivity index (χ2v) is 8.63. The number of amides is 1. The Bertz CT molecular complexity index is 975. The molecule has 0 fully saturated rings. The molecule has 7 heteroatoms. The Hall–Kier alpha value is -2.80. The topological polar surface area (TPSA) is 77.2 Å². The number of nitrogens with one attached hydrogen (secondary N) is 1. The van der Waals surface area contributed by atoms with Crippen molar-refractivity contribution in [1.82, 2.24) is 15.5 Å². The minimum atomic E-state index is -0.346. The fourth-order valence-electron chi connectivity index (χ4n) is 2.85.